The summed E-state index contributed by atoms with van der Waals surface area (Å²) >= 11 is 0. The number of hydrogen-bond donors (Lipinski definition) is 1. The van der Waals surface area contributed by atoms with Gasteiger partial charge in [0, 0.05) is 0 Å². The normalized spacial score (nSPS) is 12.5. The van der Waals surface area contributed by atoms with Crippen LogP contribution in [0.3, 0.4) is 0 Å². The van der Waals surface area contributed by atoms with E-state index in [1.807, 2.05) is 6.08 Å². The molecule has 1 nitrogen and oxygen atoms in total. The fraction of sp³-hybridized carbons (Fsp3) is 0.333. The molecular weight excluding hydrogens is 158 g/mol. The molecule has 0 heterocycles. The van der Waals surface area contributed by atoms with Crippen molar-refractivity contribution in [2.75, 3.05) is 6.54 Å². The molecule has 0 aromatic heterocycles. The van der Waals surface area contributed by atoms with Crippen LogP contribution in [-0.4, -0.2) is 6.54 Å². The third-order valence-electron chi connectivity index (χ3n) is 2.28. The number of aryl methyl sites for hydroxylation is 1. The van der Waals surface area contributed by atoms with Crippen molar-refractivity contribution >= 4 is 0 Å². The van der Waals surface area contributed by atoms with Gasteiger partial charge in [0.15, 0.2) is 0 Å². The van der Waals surface area contributed by atoms with E-state index < -0.39 is 0 Å². The molecule has 2 N–H and O–H groups in total. The van der Waals surface area contributed by atoms with Crippen LogP contribution in [0, 0.1) is 6.92 Å². The summed E-state index contributed by atoms with van der Waals surface area (Å²) in [5, 5.41) is 0. The molecule has 1 heteroatoms. The van der Waals surface area contributed by atoms with Crippen LogP contribution < -0.4 is 5.73 Å². The van der Waals surface area contributed by atoms with E-state index in [0.717, 1.165) is 6.42 Å². The minimum absolute atomic E-state index is 0.429. The lowest BCUT2D eigenvalue weighted by Gasteiger charge is -2.12. The Hall–Kier alpha value is -1.08. The smallest absolute Gasteiger partial charge is 0.000443 e. The van der Waals surface area contributed by atoms with E-state index in [4.69, 9.17) is 5.73 Å². The Balaban J connectivity index is 2.78. The van der Waals surface area contributed by atoms with E-state index in [1.165, 1.54) is 11.1 Å². The summed E-state index contributed by atoms with van der Waals surface area (Å²) in [5.74, 6) is 0.429. The molecule has 0 aliphatic carbocycles. The molecule has 1 aromatic carbocycles. The Morgan fingerprint density at radius 3 is 2.46 bits per heavy atom. The lowest BCUT2D eigenvalue weighted by Crippen LogP contribution is -2.11. The van der Waals surface area contributed by atoms with Gasteiger partial charge in [-0.3, -0.25) is 0 Å². The number of nitrogens with two attached hydrogens (primary N) is 1. The van der Waals surface area contributed by atoms with Crippen molar-refractivity contribution < 1.29 is 0 Å². The first-order chi connectivity index (χ1) is 6.27. The predicted octanol–water partition coefficient (Wildman–Crippen LogP) is 2.61. The van der Waals surface area contributed by atoms with Crippen molar-refractivity contribution in [3.8, 4) is 0 Å². The monoisotopic (exact) mass is 175 g/mol. The van der Waals surface area contributed by atoms with Crippen LogP contribution in [0.5, 0.6) is 0 Å². The van der Waals surface area contributed by atoms with Crippen molar-refractivity contribution in [2.45, 2.75) is 19.3 Å². The van der Waals surface area contributed by atoms with Crippen molar-refractivity contribution in [3.63, 3.8) is 0 Å². The molecule has 0 amide bonds. The number of allylic oxidation sites excluding steroid dienone is 1. The van der Waals surface area contributed by atoms with E-state index in [2.05, 4.69) is 37.8 Å². The van der Waals surface area contributed by atoms with Gasteiger partial charge in [-0.15, -0.1) is 6.58 Å². The van der Waals surface area contributed by atoms with Crippen molar-refractivity contribution in [1.29, 1.82) is 0 Å². The van der Waals surface area contributed by atoms with Crippen LogP contribution in [0.2, 0.25) is 0 Å². The van der Waals surface area contributed by atoms with Gasteiger partial charge in [0.05, 0.1) is 0 Å². The zero-order chi connectivity index (χ0) is 9.68. The number of rotatable bonds is 4. The second-order valence-corrected chi connectivity index (χ2v) is 3.37. The summed E-state index contributed by atoms with van der Waals surface area (Å²) in [7, 11) is 0. The topological polar surface area (TPSA) is 26.0 Å². The van der Waals surface area contributed by atoms with E-state index in [-0.39, 0.29) is 0 Å². The zero-order valence-electron chi connectivity index (χ0n) is 8.16. The van der Waals surface area contributed by atoms with E-state index in [9.17, 15) is 0 Å². The Bertz CT molecular complexity index is 261. The highest BCUT2D eigenvalue weighted by Gasteiger charge is 2.06. The highest BCUT2D eigenvalue weighted by molar-refractivity contribution is 5.25. The molecule has 0 bridgehead atoms. The molecule has 0 saturated carbocycles. The minimum atomic E-state index is 0.429. The molecule has 0 radical (unpaired) electrons. The molecule has 1 unspecified atom stereocenters. The standard InChI is InChI=1S/C12H17N/c1-3-4-12(9-13)11-7-5-10(2)6-8-11/h3,5-8,12H,1,4,9,13H2,2H3. The molecule has 1 atom stereocenters. The van der Waals surface area contributed by atoms with Crippen LogP contribution in [0.15, 0.2) is 36.9 Å². The molecule has 0 fully saturated rings. The van der Waals surface area contributed by atoms with Crippen LogP contribution in [0.25, 0.3) is 0 Å². The van der Waals surface area contributed by atoms with E-state index >= 15 is 0 Å². The molecule has 0 aliphatic rings. The van der Waals surface area contributed by atoms with Gasteiger partial charge in [0.25, 0.3) is 0 Å². The summed E-state index contributed by atoms with van der Waals surface area (Å²) in [6, 6.07) is 8.55. The van der Waals surface area contributed by atoms with Gasteiger partial charge in [-0.2, -0.15) is 0 Å². The first-order valence-corrected chi connectivity index (χ1v) is 4.65. The molecule has 1 rings (SSSR count). The third kappa shape index (κ3) is 2.71. The second kappa shape index (κ2) is 4.83. The highest BCUT2D eigenvalue weighted by Crippen LogP contribution is 2.18. The molecule has 0 saturated heterocycles. The van der Waals surface area contributed by atoms with Gasteiger partial charge in [-0.1, -0.05) is 35.9 Å². The minimum Gasteiger partial charge on any atom is -0.330 e. The quantitative estimate of drug-likeness (QED) is 0.699. The average molecular weight is 175 g/mol. The lowest BCUT2D eigenvalue weighted by atomic mass is 9.95. The Labute approximate surface area is 80.3 Å². The zero-order valence-corrected chi connectivity index (χ0v) is 8.16. The van der Waals surface area contributed by atoms with Gasteiger partial charge in [-0.25, -0.2) is 0 Å². The van der Waals surface area contributed by atoms with Gasteiger partial charge >= 0.3 is 0 Å². The Morgan fingerprint density at radius 2 is 2.00 bits per heavy atom. The SMILES string of the molecule is C=CCC(CN)c1ccc(C)cc1. The number of benzene rings is 1. The lowest BCUT2D eigenvalue weighted by molar-refractivity contribution is 0.711. The Kier molecular flexibility index (Phi) is 3.71. The highest BCUT2D eigenvalue weighted by atomic mass is 14.5. The summed E-state index contributed by atoms with van der Waals surface area (Å²) in [6.07, 6.45) is 2.89. The van der Waals surface area contributed by atoms with E-state index in [0.29, 0.717) is 12.5 Å². The van der Waals surface area contributed by atoms with Crippen molar-refractivity contribution in [1.82, 2.24) is 0 Å². The fourth-order valence-electron chi connectivity index (χ4n) is 1.41. The summed E-state index contributed by atoms with van der Waals surface area (Å²) in [4.78, 5) is 0. The maximum Gasteiger partial charge on any atom is -0.000443 e. The van der Waals surface area contributed by atoms with Gasteiger partial charge < -0.3 is 5.73 Å². The van der Waals surface area contributed by atoms with Gasteiger partial charge in [0.2, 0.25) is 0 Å². The van der Waals surface area contributed by atoms with E-state index in [1.54, 1.807) is 0 Å². The predicted molar refractivity (Wildman–Crippen MR) is 57.8 cm³/mol. The van der Waals surface area contributed by atoms with Crippen molar-refractivity contribution in [3.05, 3.63) is 48.0 Å². The maximum atomic E-state index is 5.68. The summed E-state index contributed by atoms with van der Waals surface area (Å²) in [6.45, 7) is 6.52. The fourth-order valence-corrected chi connectivity index (χ4v) is 1.41. The van der Waals surface area contributed by atoms with Crippen LogP contribution in [0.1, 0.15) is 23.5 Å². The average Bonchev–Trinajstić information content (AvgIpc) is 2.16. The molecule has 0 spiro atoms. The van der Waals surface area contributed by atoms with Crippen LogP contribution >= 0.6 is 0 Å². The van der Waals surface area contributed by atoms with Crippen LogP contribution in [0.4, 0.5) is 0 Å². The first-order valence-electron chi connectivity index (χ1n) is 4.65. The van der Waals surface area contributed by atoms with Gasteiger partial charge in [0.1, 0.15) is 0 Å². The maximum absolute atomic E-state index is 5.68. The van der Waals surface area contributed by atoms with Crippen molar-refractivity contribution in [2.24, 2.45) is 5.73 Å². The molecule has 0 aliphatic heterocycles. The third-order valence-corrected chi connectivity index (χ3v) is 2.28. The second-order valence-electron chi connectivity index (χ2n) is 3.37. The Morgan fingerprint density at radius 1 is 1.38 bits per heavy atom. The van der Waals surface area contributed by atoms with Crippen LogP contribution in [-0.2, 0) is 0 Å². The molecule has 70 valence electrons. The molecular formula is C12H17N. The molecule has 13 heavy (non-hydrogen) atoms. The molecule has 1 aromatic rings. The summed E-state index contributed by atoms with van der Waals surface area (Å²) in [5.41, 5.74) is 8.28. The first kappa shape index (κ1) is 10.0. The summed E-state index contributed by atoms with van der Waals surface area (Å²) < 4.78 is 0. The largest absolute Gasteiger partial charge is 0.330 e. The van der Waals surface area contributed by atoms with Gasteiger partial charge in [-0.05, 0) is 31.4 Å². The number of hydrogen-bond acceptors (Lipinski definition) is 1.